The van der Waals surface area contributed by atoms with Crippen LogP contribution in [0.3, 0.4) is 0 Å². The number of para-hydroxylation sites is 1. The Labute approximate surface area is 102 Å². The number of nitriles is 1. The Kier molecular flexibility index (Phi) is 3.46. The van der Waals surface area contributed by atoms with Crippen LogP contribution >= 0.6 is 0 Å². The zero-order valence-electron chi connectivity index (χ0n) is 10.3. The molecular weight excluding hydrogens is 210 g/mol. The second-order valence-corrected chi connectivity index (χ2v) is 4.23. The van der Waals surface area contributed by atoms with Crippen LogP contribution in [0.1, 0.15) is 17.7 Å². The van der Waals surface area contributed by atoms with Crippen molar-refractivity contribution in [1.29, 1.82) is 5.26 Å². The molecule has 0 spiro atoms. The Hall–Kier alpha value is -1.79. The highest BCUT2D eigenvalue weighted by molar-refractivity contribution is 5.85. The van der Waals surface area contributed by atoms with E-state index in [1.54, 1.807) is 0 Å². The number of hydrogen-bond donors (Lipinski definition) is 1. The predicted octanol–water partition coefficient (Wildman–Crippen LogP) is 2.49. The van der Waals surface area contributed by atoms with E-state index >= 15 is 0 Å². The van der Waals surface area contributed by atoms with Gasteiger partial charge in [0, 0.05) is 43.2 Å². The van der Waals surface area contributed by atoms with Crippen molar-refractivity contribution in [2.45, 2.75) is 19.9 Å². The minimum Gasteiger partial charge on any atom is -0.346 e. The molecule has 0 fully saturated rings. The number of aryl methyl sites for hydroxylation is 2. The van der Waals surface area contributed by atoms with Crippen molar-refractivity contribution in [3.63, 3.8) is 0 Å². The van der Waals surface area contributed by atoms with E-state index in [1.165, 1.54) is 22.2 Å². The molecule has 3 heteroatoms. The van der Waals surface area contributed by atoms with Gasteiger partial charge in [-0.1, -0.05) is 18.2 Å². The van der Waals surface area contributed by atoms with Crippen molar-refractivity contribution in [2.24, 2.45) is 7.05 Å². The molecule has 1 heterocycles. The summed E-state index contributed by atoms with van der Waals surface area (Å²) in [6, 6.07) is 10.6. The summed E-state index contributed by atoms with van der Waals surface area (Å²) in [6.07, 6.45) is 0.559. The van der Waals surface area contributed by atoms with Crippen LogP contribution in [-0.4, -0.2) is 11.1 Å². The van der Waals surface area contributed by atoms with Gasteiger partial charge in [-0.3, -0.25) is 0 Å². The summed E-state index contributed by atoms with van der Waals surface area (Å²) in [6.45, 7) is 3.72. The predicted molar refractivity (Wildman–Crippen MR) is 69.6 cm³/mol. The van der Waals surface area contributed by atoms with Crippen molar-refractivity contribution in [2.75, 3.05) is 6.54 Å². The molecule has 1 aromatic heterocycles. The number of hydrogen-bond acceptors (Lipinski definition) is 2. The summed E-state index contributed by atoms with van der Waals surface area (Å²) in [4.78, 5) is 0. The number of nitrogens with zero attached hydrogens (tertiary/aromatic N) is 2. The third kappa shape index (κ3) is 2.17. The highest BCUT2D eigenvalue weighted by atomic mass is 15.0. The molecule has 0 saturated carbocycles. The summed E-state index contributed by atoms with van der Waals surface area (Å²) in [5, 5.41) is 13.1. The van der Waals surface area contributed by atoms with Gasteiger partial charge in [0.1, 0.15) is 0 Å². The van der Waals surface area contributed by atoms with Crippen molar-refractivity contribution >= 4 is 10.9 Å². The molecule has 0 atom stereocenters. The van der Waals surface area contributed by atoms with E-state index in [1.807, 2.05) is 0 Å². The largest absolute Gasteiger partial charge is 0.346 e. The maximum Gasteiger partial charge on any atom is 0.0635 e. The monoisotopic (exact) mass is 227 g/mol. The molecule has 0 saturated heterocycles. The molecule has 1 N–H and O–H groups in total. The first kappa shape index (κ1) is 11.7. The lowest BCUT2D eigenvalue weighted by Crippen LogP contribution is -2.16. The summed E-state index contributed by atoms with van der Waals surface area (Å²) in [7, 11) is 2.09. The van der Waals surface area contributed by atoms with Crippen molar-refractivity contribution < 1.29 is 0 Å². The Morgan fingerprint density at radius 2 is 2.12 bits per heavy atom. The van der Waals surface area contributed by atoms with Gasteiger partial charge in [0.2, 0.25) is 0 Å². The van der Waals surface area contributed by atoms with Gasteiger partial charge < -0.3 is 9.88 Å². The van der Waals surface area contributed by atoms with Crippen LogP contribution in [0, 0.1) is 18.3 Å². The highest BCUT2D eigenvalue weighted by Gasteiger charge is 2.09. The van der Waals surface area contributed by atoms with Crippen LogP contribution in [0.2, 0.25) is 0 Å². The van der Waals surface area contributed by atoms with E-state index in [-0.39, 0.29) is 0 Å². The van der Waals surface area contributed by atoms with Crippen LogP contribution in [0.5, 0.6) is 0 Å². The first-order chi connectivity index (χ1) is 8.25. The smallest absolute Gasteiger partial charge is 0.0635 e. The number of aromatic nitrogens is 1. The lowest BCUT2D eigenvalue weighted by molar-refractivity contribution is 0.662. The van der Waals surface area contributed by atoms with Crippen LogP contribution in [0.25, 0.3) is 10.9 Å². The van der Waals surface area contributed by atoms with Crippen molar-refractivity contribution in [1.82, 2.24) is 9.88 Å². The molecule has 2 aromatic rings. The molecule has 88 valence electrons. The van der Waals surface area contributed by atoms with Gasteiger partial charge in [-0.15, -0.1) is 0 Å². The van der Waals surface area contributed by atoms with Gasteiger partial charge in [0.05, 0.1) is 6.07 Å². The average molecular weight is 227 g/mol. The molecular formula is C14H17N3. The second-order valence-electron chi connectivity index (χ2n) is 4.23. The Morgan fingerprint density at radius 1 is 1.35 bits per heavy atom. The zero-order valence-corrected chi connectivity index (χ0v) is 10.3. The van der Waals surface area contributed by atoms with E-state index in [0.717, 1.165) is 13.1 Å². The van der Waals surface area contributed by atoms with Gasteiger partial charge >= 0.3 is 0 Å². The molecule has 0 amide bonds. The van der Waals surface area contributed by atoms with Crippen LogP contribution < -0.4 is 5.32 Å². The number of benzene rings is 1. The number of nitrogens with one attached hydrogen (secondary N) is 1. The molecule has 0 radical (unpaired) electrons. The normalized spacial score (nSPS) is 10.6. The highest BCUT2D eigenvalue weighted by Crippen LogP contribution is 2.24. The standard InChI is InChI=1S/C14H17N3/c1-11-12-6-3-4-7-13(12)17(2)14(11)10-16-9-5-8-15/h3-4,6-7,16H,5,9-10H2,1-2H3. The maximum atomic E-state index is 8.49. The van der Waals surface area contributed by atoms with Gasteiger partial charge in [-0.05, 0) is 18.6 Å². The quantitative estimate of drug-likeness (QED) is 0.815. The van der Waals surface area contributed by atoms with Crippen LogP contribution in [0.15, 0.2) is 24.3 Å². The molecule has 0 unspecified atom stereocenters. The third-order valence-electron chi connectivity index (χ3n) is 3.21. The van der Waals surface area contributed by atoms with Gasteiger partial charge in [0.15, 0.2) is 0 Å². The van der Waals surface area contributed by atoms with Gasteiger partial charge in [-0.25, -0.2) is 0 Å². The van der Waals surface area contributed by atoms with E-state index < -0.39 is 0 Å². The zero-order chi connectivity index (χ0) is 12.3. The Morgan fingerprint density at radius 3 is 2.82 bits per heavy atom. The first-order valence-corrected chi connectivity index (χ1v) is 5.86. The fraction of sp³-hybridized carbons (Fsp3) is 0.357. The van der Waals surface area contributed by atoms with E-state index in [9.17, 15) is 0 Å². The molecule has 0 aliphatic rings. The Balaban J connectivity index is 2.25. The minimum absolute atomic E-state index is 0.559. The molecule has 0 aliphatic heterocycles. The molecule has 17 heavy (non-hydrogen) atoms. The SMILES string of the molecule is Cc1c(CNCCC#N)n(C)c2ccccc12. The first-order valence-electron chi connectivity index (χ1n) is 5.86. The fourth-order valence-corrected chi connectivity index (χ4v) is 2.24. The van der Waals surface area contributed by atoms with Crippen LogP contribution in [-0.2, 0) is 13.6 Å². The minimum atomic E-state index is 0.559. The van der Waals surface area contributed by atoms with Crippen LogP contribution in [0.4, 0.5) is 0 Å². The molecule has 2 rings (SSSR count). The summed E-state index contributed by atoms with van der Waals surface area (Å²) < 4.78 is 2.23. The molecule has 0 aliphatic carbocycles. The van der Waals surface area contributed by atoms with E-state index in [2.05, 4.69) is 54.2 Å². The summed E-state index contributed by atoms with van der Waals surface area (Å²) in [5.41, 5.74) is 3.89. The summed E-state index contributed by atoms with van der Waals surface area (Å²) >= 11 is 0. The topological polar surface area (TPSA) is 40.8 Å². The molecule has 0 bridgehead atoms. The number of fused-ring (bicyclic) bond motifs is 1. The van der Waals surface area contributed by atoms with E-state index in [4.69, 9.17) is 5.26 Å². The van der Waals surface area contributed by atoms with Gasteiger partial charge in [-0.2, -0.15) is 5.26 Å². The average Bonchev–Trinajstić information content (AvgIpc) is 2.60. The second kappa shape index (κ2) is 5.03. The maximum absolute atomic E-state index is 8.49. The molecule has 1 aromatic carbocycles. The van der Waals surface area contributed by atoms with Gasteiger partial charge in [0.25, 0.3) is 0 Å². The number of rotatable bonds is 4. The lowest BCUT2D eigenvalue weighted by atomic mass is 10.1. The van der Waals surface area contributed by atoms with Crippen molar-refractivity contribution in [3.8, 4) is 6.07 Å². The van der Waals surface area contributed by atoms with E-state index in [0.29, 0.717) is 6.42 Å². The Bertz CT molecular complexity index is 522. The molecule has 3 nitrogen and oxygen atoms in total. The van der Waals surface area contributed by atoms with Crippen molar-refractivity contribution in [3.05, 3.63) is 35.5 Å². The fourth-order valence-electron chi connectivity index (χ4n) is 2.24. The lowest BCUT2D eigenvalue weighted by Gasteiger charge is -2.06. The summed E-state index contributed by atoms with van der Waals surface area (Å²) in [5.74, 6) is 0. The third-order valence-corrected chi connectivity index (χ3v) is 3.21.